The second kappa shape index (κ2) is 20.0. The van der Waals surface area contributed by atoms with Gasteiger partial charge in [0.05, 0.1) is 28.2 Å². The van der Waals surface area contributed by atoms with Crippen LogP contribution in [-0.4, -0.2) is 0 Å². The first-order valence-electron chi connectivity index (χ1n) is 30.9. The van der Waals surface area contributed by atoms with Crippen LogP contribution in [0.5, 0.6) is 0 Å². The maximum absolute atomic E-state index is 2.56. The van der Waals surface area contributed by atoms with Gasteiger partial charge in [-0.3, -0.25) is 0 Å². The summed E-state index contributed by atoms with van der Waals surface area (Å²) >= 11 is 0. The number of fused-ring (bicyclic) bond motifs is 8. The van der Waals surface area contributed by atoms with Crippen molar-refractivity contribution >= 4 is 51.2 Å². The number of benzene rings is 11. The largest absolute Gasteiger partial charge is 0.310 e. The highest BCUT2D eigenvalue weighted by Gasteiger charge is 2.47. The molecule has 0 radical (unpaired) electrons. The first kappa shape index (κ1) is 54.7. The molecule has 0 saturated carbocycles. The van der Waals surface area contributed by atoms with Gasteiger partial charge in [0.25, 0.3) is 0 Å². The molecule has 3 aliphatic rings. The van der Waals surface area contributed by atoms with Gasteiger partial charge in [-0.05, 0) is 264 Å². The third-order valence-electron chi connectivity index (χ3n) is 21.2. The van der Waals surface area contributed by atoms with Crippen LogP contribution in [0.4, 0.5) is 51.2 Å². The number of nitrogens with zero attached hydrogens (tertiary/aromatic N) is 3. The first-order valence-corrected chi connectivity index (χ1v) is 30.9. The second-order valence-electron chi connectivity index (χ2n) is 26.0. The third kappa shape index (κ3) is 7.79. The molecule has 11 aromatic rings. The van der Waals surface area contributed by atoms with Gasteiger partial charge in [0.2, 0.25) is 0 Å². The second-order valence-corrected chi connectivity index (χ2v) is 26.0. The fourth-order valence-corrected chi connectivity index (χ4v) is 15.7. The van der Waals surface area contributed by atoms with Crippen LogP contribution in [0.2, 0.25) is 0 Å². The van der Waals surface area contributed by atoms with Crippen LogP contribution in [0.3, 0.4) is 0 Å². The molecule has 0 atom stereocenters. The molecule has 0 unspecified atom stereocenters. The number of hydrogen-bond donors (Lipinski definition) is 0. The van der Waals surface area contributed by atoms with E-state index in [1.54, 1.807) is 0 Å². The van der Waals surface area contributed by atoms with Crippen molar-refractivity contribution in [3.8, 4) is 22.3 Å². The summed E-state index contributed by atoms with van der Waals surface area (Å²) in [4.78, 5) is 7.58. The Hall–Kier alpha value is -9.18. The minimum atomic E-state index is -0.746. The smallest absolute Gasteiger partial charge is 0.0742 e. The van der Waals surface area contributed by atoms with Crippen molar-refractivity contribution in [1.82, 2.24) is 0 Å². The first-order chi connectivity index (χ1) is 41.4. The van der Waals surface area contributed by atoms with Gasteiger partial charge in [0.15, 0.2) is 0 Å². The highest BCUT2D eigenvalue weighted by Crippen LogP contribution is 2.60. The molecule has 14 rings (SSSR count). The van der Waals surface area contributed by atoms with Gasteiger partial charge in [-0.1, -0.05) is 167 Å². The molecule has 0 spiro atoms. The lowest BCUT2D eigenvalue weighted by atomic mass is 9.62. The summed E-state index contributed by atoms with van der Waals surface area (Å²) in [7, 11) is 0. The summed E-state index contributed by atoms with van der Waals surface area (Å²) in [6, 6.07) is 80.9. The Kier molecular flexibility index (Phi) is 12.7. The van der Waals surface area contributed by atoms with Crippen LogP contribution >= 0.6 is 0 Å². The molecule has 0 amide bonds. The van der Waals surface area contributed by atoms with E-state index in [4.69, 9.17) is 0 Å². The summed E-state index contributed by atoms with van der Waals surface area (Å²) in [6.07, 6.45) is 0. The zero-order valence-corrected chi connectivity index (χ0v) is 52.5. The molecule has 424 valence electrons. The maximum atomic E-state index is 2.56. The van der Waals surface area contributed by atoms with Gasteiger partial charge in [-0.2, -0.15) is 0 Å². The van der Waals surface area contributed by atoms with Crippen molar-refractivity contribution in [2.45, 2.75) is 113 Å². The van der Waals surface area contributed by atoms with Gasteiger partial charge in [0, 0.05) is 39.3 Å². The van der Waals surface area contributed by atoms with Crippen molar-refractivity contribution in [3.63, 3.8) is 0 Å². The Labute approximate surface area is 510 Å². The van der Waals surface area contributed by atoms with Crippen molar-refractivity contribution in [3.05, 3.63) is 312 Å². The van der Waals surface area contributed by atoms with E-state index in [2.05, 4.69) is 324 Å². The van der Waals surface area contributed by atoms with Crippen molar-refractivity contribution in [2.24, 2.45) is 0 Å². The van der Waals surface area contributed by atoms with Crippen LogP contribution in [0.25, 0.3) is 22.3 Å². The van der Waals surface area contributed by atoms with E-state index in [-0.39, 0.29) is 10.8 Å². The van der Waals surface area contributed by atoms with E-state index >= 15 is 0 Å². The number of hydrogen-bond acceptors (Lipinski definition) is 3. The molecule has 1 aliphatic heterocycles. The van der Waals surface area contributed by atoms with Gasteiger partial charge in [-0.25, -0.2) is 0 Å². The molecule has 0 bridgehead atoms. The van der Waals surface area contributed by atoms with E-state index in [9.17, 15) is 0 Å². The lowest BCUT2D eigenvalue weighted by Gasteiger charge is -2.46. The van der Waals surface area contributed by atoms with Crippen molar-refractivity contribution in [1.29, 1.82) is 0 Å². The zero-order chi connectivity index (χ0) is 59.9. The highest BCUT2D eigenvalue weighted by atomic mass is 15.2. The Bertz CT molecular complexity index is 4240. The molecule has 0 aromatic heterocycles. The third-order valence-corrected chi connectivity index (χ3v) is 21.2. The molecular formula is C83H77N3. The molecule has 3 heteroatoms. The molecule has 0 N–H and O–H groups in total. The van der Waals surface area contributed by atoms with E-state index in [0.717, 1.165) is 39.8 Å². The zero-order valence-electron chi connectivity index (χ0n) is 52.5. The molecule has 86 heavy (non-hydrogen) atoms. The van der Waals surface area contributed by atoms with E-state index in [0.29, 0.717) is 0 Å². The van der Waals surface area contributed by atoms with Crippen LogP contribution in [-0.2, 0) is 16.2 Å². The molecule has 0 fully saturated rings. The predicted octanol–water partition coefficient (Wildman–Crippen LogP) is 22.5. The lowest BCUT2D eigenvalue weighted by molar-refractivity contribution is 0.660. The molecule has 3 nitrogen and oxygen atoms in total. The summed E-state index contributed by atoms with van der Waals surface area (Å²) in [5, 5.41) is 0. The molecule has 0 saturated heterocycles. The van der Waals surface area contributed by atoms with Gasteiger partial charge < -0.3 is 14.7 Å². The highest BCUT2D eigenvalue weighted by molar-refractivity contribution is 5.93. The standard InChI is InChI=1S/C83H77N3/c1-50-52(3)56(7)79(57(8)53(50)4)84(65-44-46-69-67-28-18-20-30-71(67)81(11,12)75(69)48-65)63-40-36-60(37-41-63)83(73-32-22-24-34-77(73)86(62-26-16-15-17-27-62)78-35-25-23-33-74(78)83)61-38-42-64(43-39-61)85(80-58(9)54(5)51(2)55(6)59(80)10)66-45-47-70-68-29-19-21-31-72(68)82(13,14)76(70)49-66/h15-49H,1-14H3. The summed E-state index contributed by atoms with van der Waals surface area (Å²) in [5.74, 6) is 0. The van der Waals surface area contributed by atoms with E-state index in [1.165, 1.54) is 134 Å². The van der Waals surface area contributed by atoms with E-state index in [1.807, 2.05) is 0 Å². The number of rotatable bonds is 9. The number of anilines is 9. The minimum absolute atomic E-state index is 0.157. The van der Waals surface area contributed by atoms with Crippen LogP contribution in [0.1, 0.15) is 128 Å². The van der Waals surface area contributed by atoms with Crippen LogP contribution in [0.15, 0.2) is 212 Å². The van der Waals surface area contributed by atoms with Crippen molar-refractivity contribution in [2.75, 3.05) is 14.7 Å². The van der Waals surface area contributed by atoms with Gasteiger partial charge in [-0.15, -0.1) is 0 Å². The quantitative estimate of drug-likeness (QED) is 0.143. The molecule has 1 heterocycles. The van der Waals surface area contributed by atoms with Gasteiger partial charge >= 0.3 is 0 Å². The van der Waals surface area contributed by atoms with Crippen LogP contribution in [0, 0.1) is 69.2 Å². The summed E-state index contributed by atoms with van der Waals surface area (Å²) in [6.45, 7) is 32.6. The average molecular weight is 1120 g/mol. The van der Waals surface area contributed by atoms with Crippen molar-refractivity contribution < 1.29 is 0 Å². The summed E-state index contributed by atoms with van der Waals surface area (Å²) in [5.41, 5.74) is 38.3. The molecular weight excluding hydrogens is 1040 g/mol. The maximum Gasteiger partial charge on any atom is 0.0742 e. The SMILES string of the molecule is Cc1c(C)c(C)c(N(c2ccc(C3(c4ccc(N(c5ccc6c(c5)C(C)(C)c5ccccc5-6)c5c(C)c(C)c(C)c(C)c5C)cc4)c4ccccc4N(c4ccccc4)c4ccccc43)cc2)c2ccc3c(c2)C(C)(C)c2ccccc2-3)c(C)c1C. The summed E-state index contributed by atoms with van der Waals surface area (Å²) < 4.78 is 0. The Morgan fingerprint density at radius 1 is 0.267 bits per heavy atom. The Morgan fingerprint density at radius 3 is 0.953 bits per heavy atom. The molecule has 11 aromatic carbocycles. The molecule has 2 aliphatic carbocycles. The normalized spacial score (nSPS) is 14.4. The predicted molar refractivity (Wildman–Crippen MR) is 365 cm³/mol. The topological polar surface area (TPSA) is 9.72 Å². The fraction of sp³-hybridized carbons (Fsp3) is 0.205. The lowest BCUT2D eigenvalue weighted by Crippen LogP contribution is -2.37. The average Bonchev–Trinajstić information content (AvgIpc) is 0.951. The monoisotopic (exact) mass is 1120 g/mol. The fourth-order valence-electron chi connectivity index (χ4n) is 15.7. The minimum Gasteiger partial charge on any atom is -0.310 e. The van der Waals surface area contributed by atoms with Gasteiger partial charge in [0.1, 0.15) is 0 Å². The Balaban J connectivity index is 0.993. The van der Waals surface area contributed by atoms with E-state index < -0.39 is 5.41 Å². The Morgan fingerprint density at radius 2 is 0.570 bits per heavy atom. The number of para-hydroxylation sites is 3. The van der Waals surface area contributed by atoms with Crippen LogP contribution < -0.4 is 14.7 Å².